The Kier molecular flexibility index (Phi) is 4.17. The van der Waals surface area contributed by atoms with Crippen molar-refractivity contribution in [3.05, 3.63) is 24.3 Å². The lowest BCUT2D eigenvalue weighted by Crippen LogP contribution is -2.47. The molecular weight excluding hydrogens is 142 g/mol. The molecule has 0 atom stereocenters. The first kappa shape index (κ1) is 9.87. The molecule has 0 bridgehead atoms. The molecule has 0 aromatic heterocycles. The van der Waals surface area contributed by atoms with E-state index in [2.05, 4.69) is 5.73 Å². The van der Waals surface area contributed by atoms with Gasteiger partial charge in [0.2, 0.25) is 6.41 Å². The molecule has 0 unspecified atom stereocenters. The molecule has 0 saturated heterocycles. The fraction of sp³-hybridized carbons (Fsp3) is 0.286. The molecule has 0 aromatic carbocycles. The van der Waals surface area contributed by atoms with Gasteiger partial charge in [-0.2, -0.15) is 0 Å². The van der Waals surface area contributed by atoms with Crippen molar-refractivity contribution in [3.63, 3.8) is 0 Å². The van der Waals surface area contributed by atoms with Crippen LogP contribution in [0.1, 0.15) is 6.42 Å². The first-order valence-electron chi connectivity index (χ1n) is 3.20. The third-order valence-electron chi connectivity index (χ3n) is 1.13. The lowest BCUT2D eigenvalue weighted by Gasteiger charge is -2.19. The minimum atomic E-state index is -0.589. The number of amides is 1. The summed E-state index contributed by atoms with van der Waals surface area (Å²) in [5.74, 6) is 0. The maximum absolute atomic E-state index is 8.58. The van der Waals surface area contributed by atoms with Gasteiger partial charge in [-0.1, -0.05) is 24.3 Å². The summed E-state index contributed by atoms with van der Waals surface area (Å²) in [6.45, 7) is 0. The molecule has 1 rings (SSSR count). The summed E-state index contributed by atoms with van der Waals surface area (Å²) in [4.78, 5) is 8.58. The first-order valence-corrected chi connectivity index (χ1v) is 3.20. The van der Waals surface area contributed by atoms with Crippen molar-refractivity contribution in [1.29, 1.82) is 0 Å². The van der Waals surface area contributed by atoms with Gasteiger partial charge in [0.15, 0.2) is 0 Å². The van der Waals surface area contributed by atoms with Crippen LogP contribution in [0.4, 0.5) is 0 Å². The van der Waals surface area contributed by atoms with Crippen LogP contribution in [0.25, 0.3) is 0 Å². The fourth-order valence-electron chi connectivity index (χ4n) is 0.653. The second kappa shape index (κ2) is 4.65. The smallest absolute Gasteiger partial charge is 0.204 e. The van der Waals surface area contributed by atoms with Gasteiger partial charge in [-0.3, -0.25) is 4.79 Å². The molecule has 0 radical (unpaired) electrons. The van der Waals surface area contributed by atoms with Crippen LogP contribution in [-0.2, 0) is 4.79 Å². The number of nitrogens with two attached hydrogens (primary N) is 3. The molecular formula is C7H13N3O. The van der Waals surface area contributed by atoms with E-state index in [4.69, 9.17) is 16.3 Å². The van der Waals surface area contributed by atoms with E-state index in [0.29, 0.717) is 0 Å². The number of primary amides is 1. The van der Waals surface area contributed by atoms with E-state index < -0.39 is 5.66 Å². The predicted molar refractivity (Wildman–Crippen MR) is 44.3 cm³/mol. The highest BCUT2D eigenvalue weighted by Gasteiger charge is 2.12. The Morgan fingerprint density at radius 1 is 1.36 bits per heavy atom. The zero-order chi connectivity index (χ0) is 8.74. The average molecular weight is 155 g/mol. The molecule has 1 amide bonds. The Morgan fingerprint density at radius 3 is 2.09 bits per heavy atom. The predicted octanol–water partition coefficient (Wildman–Crippen LogP) is -0.782. The van der Waals surface area contributed by atoms with Gasteiger partial charge in [-0.25, -0.2) is 0 Å². The molecule has 1 aliphatic rings. The van der Waals surface area contributed by atoms with Crippen molar-refractivity contribution in [1.82, 2.24) is 0 Å². The fourth-order valence-corrected chi connectivity index (χ4v) is 0.653. The summed E-state index contributed by atoms with van der Waals surface area (Å²) in [5, 5.41) is 0. The quantitative estimate of drug-likeness (QED) is 0.316. The SMILES string of the molecule is NC1(N)C=CC=CC1.NC=O. The van der Waals surface area contributed by atoms with E-state index in [1.807, 2.05) is 18.2 Å². The lowest BCUT2D eigenvalue weighted by molar-refractivity contribution is -0.106. The second-order valence-electron chi connectivity index (χ2n) is 2.24. The number of hydrogen-bond acceptors (Lipinski definition) is 3. The zero-order valence-electron chi connectivity index (χ0n) is 6.23. The minimum Gasteiger partial charge on any atom is -0.372 e. The topological polar surface area (TPSA) is 95.1 Å². The molecule has 4 heteroatoms. The standard InChI is InChI=1S/C6H10N2.CH3NO/c7-6(8)4-2-1-3-5-6;2-1-3/h1-4H,5,7-8H2;1H,(H2,2,3). The summed E-state index contributed by atoms with van der Waals surface area (Å²) < 4.78 is 0. The first-order chi connectivity index (χ1) is 5.12. The second-order valence-corrected chi connectivity index (χ2v) is 2.24. The zero-order valence-corrected chi connectivity index (χ0v) is 6.23. The number of hydrogen-bond donors (Lipinski definition) is 3. The van der Waals surface area contributed by atoms with E-state index in [9.17, 15) is 0 Å². The van der Waals surface area contributed by atoms with E-state index in [0.717, 1.165) is 6.42 Å². The van der Waals surface area contributed by atoms with Crippen LogP contribution < -0.4 is 17.2 Å². The molecule has 0 heterocycles. The van der Waals surface area contributed by atoms with Gasteiger partial charge in [-0.15, -0.1) is 0 Å². The number of rotatable bonds is 0. The summed E-state index contributed by atoms with van der Waals surface area (Å²) in [6.07, 6.45) is 8.55. The largest absolute Gasteiger partial charge is 0.372 e. The maximum atomic E-state index is 8.58. The molecule has 0 fully saturated rings. The molecule has 4 nitrogen and oxygen atoms in total. The number of carbonyl (C=O) groups excluding carboxylic acids is 1. The Bertz CT molecular complexity index is 173. The Morgan fingerprint density at radius 2 is 1.91 bits per heavy atom. The van der Waals surface area contributed by atoms with Crippen molar-refractivity contribution in [3.8, 4) is 0 Å². The summed E-state index contributed by atoms with van der Waals surface area (Å²) >= 11 is 0. The summed E-state index contributed by atoms with van der Waals surface area (Å²) in [7, 11) is 0. The molecule has 11 heavy (non-hydrogen) atoms. The van der Waals surface area contributed by atoms with E-state index in [1.165, 1.54) is 0 Å². The minimum absolute atomic E-state index is 0.250. The van der Waals surface area contributed by atoms with Crippen LogP contribution in [0, 0.1) is 0 Å². The normalized spacial score (nSPS) is 18.4. The highest BCUT2D eigenvalue weighted by atomic mass is 16.1. The summed E-state index contributed by atoms with van der Waals surface area (Å²) in [6, 6.07) is 0. The molecule has 62 valence electrons. The van der Waals surface area contributed by atoms with Crippen LogP contribution >= 0.6 is 0 Å². The Balaban J connectivity index is 0.000000292. The number of carbonyl (C=O) groups is 1. The highest BCUT2D eigenvalue weighted by Crippen LogP contribution is 2.06. The molecule has 0 saturated carbocycles. The molecule has 0 spiro atoms. The third-order valence-corrected chi connectivity index (χ3v) is 1.13. The van der Waals surface area contributed by atoms with Crippen molar-refractivity contribution < 1.29 is 4.79 Å². The van der Waals surface area contributed by atoms with Crippen molar-refractivity contribution in [2.75, 3.05) is 0 Å². The lowest BCUT2D eigenvalue weighted by atomic mass is 10.0. The van der Waals surface area contributed by atoms with Gasteiger partial charge in [-0.05, 0) is 0 Å². The van der Waals surface area contributed by atoms with Crippen LogP contribution in [0.2, 0.25) is 0 Å². The van der Waals surface area contributed by atoms with E-state index >= 15 is 0 Å². The molecule has 1 aliphatic carbocycles. The van der Waals surface area contributed by atoms with E-state index in [1.54, 1.807) is 6.08 Å². The van der Waals surface area contributed by atoms with Gasteiger partial charge in [0.25, 0.3) is 0 Å². The van der Waals surface area contributed by atoms with Crippen LogP contribution in [0.5, 0.6) is 0 Å². The maximum Gasteiger partial charge on any atom is 0.204 e. The average Bonchev–Trinajstić information content (AvgIpc) is 1.88. The van der Waals surface area contributed by atoms with Gasteiger partial charge in [0.05, 0.1) is 5.66 Å². The van der Waals surface area contributed by atoms with Gasteiger partial charge < -0.3 is 17.2 Å². The van der Waals surface area contributed by atoms with Crippen LogP contribution in [-0.4, -0.2) is 12.1 Å². The van der Waals surface area contributed by atoms with Gasteiger partial charge >= 0.3 is 0 Å². The van der Waals surface area contributed by atoms with Crippen molar-refractivity contribution >= 4 is 6.41 Å². The summed E-state index contributed by atoms with van der Waals surface area (Å²) in [5.41, 5.74) is 14.6. The van der Waals surface area contributed by atoms with E-state index in [-0.39, 0.29) is 6.41 Å². The number of allylic oxidation sites excluding steroid dienone is 2. The molecule has 0 aliphatic heterocycles. The van der Waals surface area contributed by atoms with Gasteiger partial charge in [0.1, 0.15) is 0 Å². The van der Waals surface area contributed by atoms with Crippen molar-refractivity contribution in [2.24, 2.45) is 17.2 Å². The van der Waals surface area contributed by atoms with Crippen LogP contribution in [0.3, 0.4) is 0 Å². The molecule has 0 aromatic rings. The van der Waals surface area contributed by atoms with Gasteiger partial charge in [0, 0.05) is 6.42 Å². The highest BCUT2D eigenvalue weighted by molar-refractivity contribution is 5.42. The molecule has 6 N–H and O–H groups in total. The monoisotopic (exact) mass is 155 g/mol. The van der Waals surface area contributed by atoms with Crippen molar-refractivity contribution in [2.45, 2.75) is 12.1 Å². The Hall–Kier alpha value is -1.13. The Labute approximate surface area is 65.7 Å². The van der Waals surface area contributed by atoms with Crippen LogP contribution in [0.15, 0.2) is 24.3 Å². The third kappa shape index (κ3) is 5.32.